The van der Waals surface area contributed by atoms with Gasteiger partial charge in [-0.2, -0.15) is 0 Å². The number of amides is 2. The summed E-state index contributed by atoms with van der Waals surface area (Å²) in [6, 6.07) is -0.204. The minimum atomic E-state index is -0.204. The van der Waals surface area contributed by atoms with Gasteiger partial charge < -0.3 is 5.73 Å². The lowest BCUT2D eigenvalue weighted by molar-refractivity contribution is -0.139. The molecule has 1 fully saturated rings. The van der Waals surface area contributed by atoms with Gasteiger partial charge in [-0.05, 0) is 38.3 Å². The molecule has 5 heteroatoms. The monoisotopic (exact) mass is 255 g/mol. The molecular weight excluding hydrogens is 230 g/mol. The molecule has 1 unspecified atom stereocenters. The van der Waals surface area contributed by atoms with E-state index >= 15 is 0 Å². The first kappa shape index (κ1) is 15.1. The van der Waals surface area contributed by atoms with Crippen LogP contribution in [-0.2, 0) is 9.59 Å². The Morgan fingerprint density at radius 3 is 2.67 bits per heavy atom. The van der Waals surface area contributed by atoms with Crippen LogP contribution in [0.15, 0.2) is 0 Å². The third-order valence-corrected chi connectivity index (χ3v) is 3.64. The molecule has 1 heterocycles. The number of nitrogens with two attached hydrogens (primary N) is 1. The van der Waals surface area contributed by atoms with Crippen LogP contribution in [0.5, 0.6) is 0 Å². The van der Waals surface area contributed by atoms with Crippen LogP contribution < -0.4 is 11.1 Å². The predicted octanol–water partition coefficient (Wildman–Crippen LogP) is 0.489. The van der Waals surface area contributed by atoms with E-state index in [0.29, 0.717) is 13.1 Å². The highest BCUT2D eigenvalue weighted by atomic mass is 16.2. The predicted molar refractivity (Wildman–Crippen MR) is 70.9 cm³/mol. The molecule has 0 aromatic rings. The van der Waals surface area contributed by atoms with Gasteiger partial charge in [-0.3, -0.25) is 19.8 Å². The van der Waals surface area contributed by atoms with Crippen LogP contribution in [0.3, 0.4) is 0 Å². The Kier molecular flexibility index (Phi) is 5.28. The van der Waals surface area contributed by atoms with Crippen molar-refractivity contribution in [2.45, 2.75) is 46.1 Å². The first-order valence-electron chi connectivity index (χ1n) is 6.63. The molecule has 18 heavy (non-hydrogen) atoms. The summed E-state index contributed by atoms with van der Waals surface area (Å²) in [7, 11) is 0. The lowest BCUT2D eigenvalue weighted by Crippen LogP contribution is -2.56. The molecule has 2 amide bonds. The summed E-state index contributed by atoms with van der Waals surface area (Å²) in [5.74, 6) is -0.381. The highest BCUT2D eigenvalue weighted by molar-refractivity contribution is 6.00. The van der Waals surface area contributed by atoms with Gasteiger partial charge in [0.25, 0.3) is 0 Å². The van der Waals surface area contributed by atoms with Crippen LogP contribution >= 0.6 is 0 Å². The number of rotatable bonds is 6. The van der Waals surface area contributed by atoms with E-state index in [-0.39, 0.29) is 23.3 Å². The number of nitrogens with one attached hydrogen (secondary N) is 1. The number of imide groups is 1. The molecular formula is C13H25N3O2. The largest absolute Gasteiger partial charge is 0.330 e. The third-order valence-electron chi connectivity index (χ3n) is 3.64. The number of hydrogen-bond acceptors (Lipinski definition) is 4. The van der Waals surface area contributed by atoms with E-state index in [1.807, 2.05) is 11.8 Å². The van der Waals surface area contributed by atoms with Gasteiger partial charge >= 0.3 is 0 Å². The summed E-state index contributed by atoms with van der Waals surface area (Å²) in [6.07, 6.45) is 3.14. The van der Waals surface area contributed by atoms with Crippen molar-refractivity contribution in [2.24, 2.45) is 11.1 Å². The Labute approximate surface area is 109 Å². The number of carbonyl (C=O) groups excluding carboxylic acids is 2. The minimum Gasteiger partial charge on any atom is -0.330 e. The highest BCUT2D eigenvalue weighted by Gasteiger charge is 2.29. The maximum absolute atomic E-state index is 11.5. The number of unbranched alkanes of at least 4 members (excludes halogenated alkanes) is 1. The fraction of sp³-hybridized carbons (Fsp3) is 0.846. The van der Waals surface area contributed by atoms with Crippen LogP contribution in [0, 0.1) is 5.41 Å². The Morgan fingerprint density at radius 1 is 1.39 bits per heavy atom. The maximum atomic E-state index is 11.5. The molecule has 1 aliphatic heterocycles. The number of hydrogen-bond donors (Lipinski definition) is 2. The van der Waals surface area contributed by atoms with Crippen molar-refractivity contribution >= 4 is 11.8 Å². The average molecular weight is 255 g/mol. The van der Waals surface area contributed by atoms with Crippen LogP contribution in [0.2, 0.25) is 0 Å². The van der Waals surface area contributed by atoms with E-state index in [1.165, 1.54) is 0 Å². The van der Waals surface area contributed by atoms with Crippen LogP contribution in [-0.4, -0.2) is 42.4 Å². The molecule has 0 spiro atoms. The van der Waals surface area contributed by atoms with Gasteiger partial charge in [0.1, 0.15) is 0 Å². The van der Waals surface area contributed by atoms with Crippen LogP contribution in [0.1, 0.15) is 40.0 Å². The molecule has 3 N–H and O–H groups in total. The van der Waals surface area contributed by atoms with E-state index in [2.05, 4.69) is 19.2 Å². The van der Waals surface area contributed by atoms with Crippen molar-refractivity contribution in [2.75, 3.05) is 19.6 Å². The fourth-order valence-corrected chi connectivity index (χ4v) is 2.06. The topological polar surface area (TPSA) is 75.4 Å². The van der Waals surface area contributed by atoms with Gasteiger partial charge in [-0.1, -0.05) is 20.3 Å². The van der Waals surface area contributed by atoms with Crippen molar-refractivity contribution < 1.29 is 9.59 Å². The quantitative estimate of drug-likeness (QED) is 0.535. The zero-order valence-corrected chi connectivity index (χ0v) is 11.7. The highest BCUT2D eigenvalue weighted by Crippen LogP contribution is 2.21. The Hall–Kier alpha value is -0.940. The molecule has 0 aromatic carbocycles. The Bertz CT molecular complexity index is 315. The summed E-state index contributed by atoms with van der Waals surface area (Å²) >= 11 is 0. The van der Waals surface area contributed by atoms with Crippen molar-refractivity contribution in [1.29, 1.82) is 0 Å². The fourth-order valence-electron chi connectivity index (χ4n) is 2.06. The Morgan fingerprint density at radius 2 is 2.06 bits per heavy atom. The molecule has 1 aliphatic rings. The van der Waals surface area contributed by atoms with Gasteiger partial charge in [0, 0.05) is 0 Å². The summed E-state index contributed by atoms with van der Waals surface area (Å²) in [5, 5.41) is 2.35. The molecule has 0 aliphatic carbocycles. The van der Waals surface area contributed by atoms with E-state index in [1.54, 1.807) is 0 Å². The normalized spacial score (nSPS) is 22.1. The molecule has 0 aromatic heterocycles. The van der Waals surface area contributed by atoms with Gasteiger partial charge in [-0.25, -0.2) is 0 Å². The summed E-state index contributed by atoms with van der Waals surface area (Å²) in [6.45, 7) is 7.97. The van der Waals surface area contributed by atoms with Crippen molar-refractivity contribution in [1.82, 2.24) is 10.2 Å². The molecule has 0 saturated carbocycles. The van der Waals surface area contributed by atoms with Crippen molar-refractivity contribution in [3.05, 3.63) is 0 Å². The first-order chi connectivity index (χ1) is 8.35. The minimum absolute atomic E-state index is 0.181. The Balaban J connectivity index is 2.30. The summed E-state index contributed by atoms with van der Waals surface area (Å²) < 4.78 is 0. The summed E-state index contributed by atoms with van der Waals surface area (Å²) in [4.78, 5) is 24.7. The van der Waals surface area contributed by atoms with Crippen molar-refractivity contribution in [3.8, 4) is 0 Å². The van der Waals surface area contributed by atoms with Gasteiger partial charge in [0.2, 0.25) is 11.8 Å². The van der Waals surface area contributed by atoms with E-state index in [4.69, 9.17) is 5.73 Å². The number of carbonyl (C=O) groups is 2. The smallest absolute Gasteiger partial charge is 0.243 e. The first-order valence-corrected chi connectivity index (χ1v) is 6.63. The van der Waals surface area contributed by atoms with E-state index in [9.17, 15) is 9.59 Å². The summed E-state index contributed by atoms with van der Waals surface area (Å²) in [5.41, 5.74) is 5.86. The second kappa shape index (κ2) is 6.29. The lowest BCUT2D eigenvalue weighted by atomic mass is 9.87. The van der Waals surface area contributed by atoms with Gasteiger partial charge in [0.15, 0.2) is 0 Å². The van der Waals surface area contributed by atoms with Gasteiger partial charge in [-0.15, -0.1) is 0 Å². The van der Waals surface area contributed by atoms with E-state index in [0.717, 1.165) is 25.8 Å². The SMILES string of the molecule is CC1C(=O)NC(=O)CN1CCCCC(C)(C)CN. The van der Waals surface area contributed by atoms with Gasteiger partial charge in [0.05, 0.1) is 12.6 Å². The third kappa shape index (κ3) is 4.38. The molecule has 1 rings (SSSR count). The van der Waals surface area contributed by atoms with Crippen LogP contribution in [0.4, 0.5) is 0 Å². The average Bonchev–Trinajstić information content (AvgIpc) is 2.30. The second-order valence-electron chi connectivity index (χ2n) is 5.88. The zero-order chi connectivity index (χ0) is 13.8. The molecule has 1 atom stereocenters. The van der Waals surface area contributed by atoms with Crippen LogP contribution in [0.25, 0.3) is 0 Å². The maximum Gasteiger partial charge on any atom is 0.243 e. The molecule has 1 saturated heterocycles. The number of nitrogens with zero attached hydrogens (tertiary/aromatic N) is 1. The zero-order valence-electron chi connectivity index (χ0n) is 11.7. The lowest BCUT2D eigenvalue weighted by Gasteiger charge is -2.31. The van der Waals surface area contributed by atoms with Crippen molar-refractivity contribution in [3.63, 3.8) is 0 Å². The molecule has 5 nitrogen and oxygen atoms in total. The molecule has 104 valence electrons. The number of piperazine rings is 1. The standard InChI is InChI=1S/C13H25N3O2/c1-10-12(18)15-11(17)8-16(10)7-5-4-6-13(2,3)9-14/h10H,4-9,14H2,1-3H3,(H,15,17,18). The second-order valence-corrected chi connectivity index (χ2v) is 5.88. The molecule has 0 bridgehead atoms. The molecule has 0 radical (unpaired) electrons. The van der Waals surface area contributed by atoms with E-state index < -0.39 is 0 Å².